The average Bonchev–Trinajstić information content (AvgIpc) is 3.23. The average molecular weight is 528 g/mol. The molecule has 1 aliphatic heterocycles. The highest BCUT2D eigenvalue weighted by atomic mass is 35.5. The zero-order chi connectivity index (χ0) is 26.3. The molecule has 0 radical (unpaired) electrons. The van der Waals surface area contributed by atoms with E-state index in [1.165, 1.54) is 0 Å². The number of nitrogens with zero attached hydrogens (tertiary/aromatic N) is 4. The molecule has 2 aromatic rings. The number of amides is 2. The van der Waals surface area contributed by atoms with Crippen LogP contribution in [0.15, 0.2) is 24.3 Å². The Morgan fingerprint density at radius 3 is 2.50 bits per heavy atom. The highest BCUT2D eigenvalue weighted by molar-refractivity contribution is 6.30. The Morgan fingerprint density at radius 2 is 1.89 bits per heavy atom. The first-order valence-electron chi connectivity index (χ1n) is 11.8. The molecule has 1 aliphatic carbocycles. The first-order chi connectivity index (χ1) is 16.8. The number of fused-ring (bicyclic) bond motifs is 1. The van der Waals surface area contributed by atoms with E-state index < -0.39 is 35.0 Å². The van der Waals surface area contributed by atoms with E-state index in [0.29, 0.717) is 37.3 Å². The van der Waals surface area contributed by atoms with E-state index in [2.05, 4.69) is 15.5 Å². The second-order valence-electron chi connectivity index (χ2n) is 10.4. The molecule has 0 atom stereocenters. The molecule has 1 fully saturated rings. The number of alkyl halides is 3. The molecule has 36 heavy (non-hydrogen) atoms. The van der Waals surface area contributed by atoms with Crippen molar-refractivity contribution in [2.24, 2.45) is 0 Å². The summed E-state index contributed by atoms with van der Waals surface area (Å²) in [4.78, 5) is 27.0. The Hall–Kier alpha value is -2.82. The summed E-state index contributed by atoms with van der Waals surface area (Å²) in [5.41, 5.74) is -0.0868. The molecular formula is C24H29ClF3N5O3. The second-order valence-corrected chi connectivity index (χ2v) is 10.8. The molecule has 1 N–H and O–H groups in total. The molecule has 1 aromatic carbocycles. The lowest BCUT2D eigenvalue weighted by Crippen LogP contribution is -2.52. The van der Waals surface area contributed by atoms with E-state index in [-0.39, 0.29) is 25.0 Å². The van der Waals surface area contributed by atoms with Gasteiger partial charge in [-0.1, -0.05) is 23.7 Å². The van der Waals surface area contributed by atoms with Crippen molar-refractivity contribution in [2.45, 2.75) is 76.2 Å². The van der Waals surface area contributed by atoms with Gasteiger partial charge in [-0.3, -0.25) is 9.36 Å². The van der Waals surface area contributed by atoms with Crippen LogP contribution in [-0.4, -0.2) is 56.4 Å². The summed E-state index contributed by atoms with van der Waals surface area (Å²) in [7, 11) is 0. The fourth-order valence-electron chi connectivity index (χ4n) is 5.08. The minimum absolute atomic E-state index is 0.0148. The van der Waals surface area contributed by atoms with Crippen molar-refractivity contribution in [2.75, 3.05) is 13.1 Å². The van der Waals surface area contributed by atoms with Crippen molar-refractivity contribution in [3.05, 3.63) is 46.5 Å². The fraction of sp³-hybridized carbons (Fsp3) is 0.583. The van der Waals surface area contributed by atoms with Gasteiger partial charge in [0.25, 0.3) is 5.91 Å². The monoisotopic (exact) mass is 527 g/mol. The fourth-order valence-corrected chi connectivity index (χ4v) is 5.27. The summed E-state index contributed by atoms with van der Waals surface area (Å²) < 4.78 is 45.8. The number of hydrogen-bond donors (Lipinski definition) is 1. The van der Waals surface area contributed by atoms with Gasteiger partial charge >= 0.3 is 12.3 Å². The number of carbonyl (C=O) groups excluding carboxylic acids is 2. The van der Waals surface area contributed by atoms with Crippen molar-refractivity contribution in [1.82, 2.24) is 25.0 Å². The third kappa shape index (κ3) is 5.45. The number of aromatic nitrogens is 3. The van der Waals surface area contributed by atoms with Crippen molar-refractivity contribution < 1.29 is 27.5 Å². The Balaban J connectivity index is 1.50. The smallest absolute Gasteiger partial charge is 0.444 e. The van der Waals surface area contributed by atoms with Crippen LogP contribution in [0.2, 0.25) is 5.02 Å². The summed E-state index contributed by atoms with van der Waals surface area (Å²) in [6.45, 7) is 5.83. The van der Waals surface area contributed by atoms with Crippen molar-refractivity contribution in [3.63, 3.8) is 0 Å². The highest BCUT2D eigenvalue weighted by Gasteiger charge is 2.45. The summed E-state index contributed by atoms with van der Waals surface area (Å²) in [6.07, 6.45) is -2.70. The number of carbonyl (C=O) groups is 2. The zero-order valence-electron chi connectivity index (χ0n) is 20.4. The summed E-state index contributed by atoms with van der Waals surface area (Å²) >= 11 is 6.27. The molecule has 0 unspecified atom stereocenters. The Morgan fingerprint density at radius 1 is 1.19 bits per heavy atom. The van der Waals surface area contributed by atoms with Gasteiger partial charge < -0.3 is 15.0 Å². The maximum atomic E-state index is 13.2. The van der Waals surface area contributed by atoms with Gasteiger partial charge in [-0.05, 0) is 64.2 Å². The molecule has 12 heteroatoms. The van der Waals surface area contributed by atoms with Gasteiger partial charge in [0, 0.05) is 36.1 Å². The standard InChI is InChI=1S/C24H29ClF3N5O3/c1-22(2,3)36-21(35)29-14-23(15-5-4-6-16(25)13-15)9-7-17(8-10-23)32-11-12-33-18(19(32)34)30-31-20(33)24(26,27)28/h4-6,13,17H,7-12,14H2,1-3H3,(H,29,35)/t17-,23-. The molecule has 4 rings (SSSR count). The van der Waals surface area contributed by atoms with Crippen LogP contribution in [0.5, 0.6) is 0 Å². The van der Waals surface area contributed by atoms with Crippen LogP contribution in [0, 0.1) is 0 Å². The normalized spacial score (nSPS) is 22.8. The third-order valence-corrected chi connectivity index (χ3v) is 7.02. The van der Waals surface area contributed by atoms with Crippen LogP contribution in [-0.2, 0) is 22.9 Å². The van der Waals surface area contributed by atoms with Crippen molar-refractivity contribution >= 4 is 23.6 Å². The quantitative estimate of drug-likeness (QED) is 0.616. The van der Waals surface area contributed by atoms with Crippen LogP contribution in [0.4, 0.5) is 18.0 Å². The van der Waals surface area contributed by atoms with Gasteiger partial charge in [0.2, 0.25) is 11.6 Å². The Bertz CT molecular complexity index is 1140. The van der Waals surface area contributed by atoms with Crippen LogP contribution in [0.3, 0.4) is 0 Å². The molecule has 0 spiro atoms. The SMILES string of the molecule is CC(C)(C)OC(=O)NC[C@]1(c2cccc(Cl)c2)CC[C@H](N2CCn3c(nnc3C(F)(F)F)C2=O)CC1. The number of alkyl carbamates (subject to hydrolysis) is 1. The highest BCUT2D eigenvalue weighted by Crippen LogP contribution is 2.42. The minimum atomic E-state index is -4.67. The van der Waals surface area contributed by atoms with Gasteiger partial charge in [-0.15, -0.1) is 10.2 Å². The molecule has 2 heterocycles. The molecule has 2 amide bonds. The van der Waals surface area contributed by atoms with E-state index in [1.54, 1.807) is 31.7 Å². The van der Waals surface area contributed by atoms with Crippen LogP contribution in [0.25, 0.3) is 0 Å². The Kier molecular flexibility index (Phi) is 6.98. The van der Waals surface area contributed by atoms with Gasteiger partial charge in [-0.25, -0.2) is 4.79 Å². The number of rotatable bonds is 4. The van der Waals surface area contributed by atoms with Crippen molar-refractivity contribution in [1.29, 1.82) is 0 Å². The number of hydrogen-bond acceptors (Lipinski definition) is 5. The molecule has 1 saturated carbocycles. The number of halogens is 4. The molecule has 0 saturated heterocycles. The maximum Gasteiger partial charge on any atom is 0.451 e. The predicted molar refractivity (Wildman–Crippen MR) is 126 cm³/mol. The first kappa shape index (κ1) is 26.2. The third-order valence-electron chi connectivity index (χ3n) is 6.78. The topological polar surface area (TPSA) is 89.3 Å². The van der Waals surface area contributed by atoms with Gasteiger partial charge in [-0.2, -0.15) is 13.2 Å². The van der Waals surface area contributed by atoms with E-state index >= 15 is 0 Å². The van der Waals surface area contributed by atoms with Crippen LogP contribution >= 0.6 is 11.6 Å². The molecule has 8 nitrogen and oxygen atoms in total. The first-order valence-corrected chi connectivity index (χ1v) is 12.2. The second kappa shape index (κ2) is 9.57. The Labute approximate surface area is 212 Å². The molecular weight excluding hydrogens is 499 g/mol. The number of benzene rings is 1. The molecule has 0 bridgehead atoms. The zero-order valence-corrected chi connectivity index (χ0v) is 21.1. The van der Waals surface area contributed by atoms with Crippen LogP contribution < -0.4 is 5.32 Å². The lowest BCUT2D eigenvalue weighted by molar-refractivity contribution is -0.147. The number of ether oxygens (including phenoxy) is 1. The van der Waals surface area contributed by atoms with E-state index in [1.807, 2.05) is 18.2 Å². The summed E-state index contributed by atoms with van der Waals surface area (Å²) in [5.74, 6) is -1.98. The predicted octanol–water partition coefficient (Wildman–Crippen LogP) is 4.81. The minimum Gasteiger partial charge on any atom is -0.444 e. The molecule has 1 aromatic heterocycles. The van der Waals surface area contributed by atoms with E-state index in [9.17, 15) is 22.8 Å². The molecule has 2 aliphatic rings. The van der Waals surface area contributed by atoms with Gasteiger partial charge in [0.15, 0.2) is 0 Å². The van der Waals surface area contributed by atoms with E-state index in [4.69, 9.17) is 16.3 Å². The molecule has 196 valence electrons. The van der Waals surface area contributed by atoms with E-state index in [0.717, 1.165) is 10.1 Å². The van der Waals surface area contributed by atoms with Gasteiger partial charge in [0.05, 0.1) is 0 Å². The maximum absolute atomic E-state index is 13.2. The lowest BCUT2D eigenvalue weighted by Gasteiger charge is -2.45. The summed E-state index contributed by atoms with van der Waals surface area (Å²) in [6, 6.07) is 7.33. The summed E-state index contributed by atoms with van der Waals surface area (Å²) in [5, 5.41) is 10.2. The van der Waals surface area contributed by atoms with Crippen molar-refractivity contribution in [3.8, 4) is 0 Å². The number of nitrogens with one attached hydrogen (secondary N) is 1. The van der Waals surface area contributed by atoms with Crippen LogP contribution in [0.1, 0.15) is 68.5 Å². The lowest BCUT2D eigenvalue weighted by atomic mass is 9.67. The largest absolute Gasteiger partial charge is 0.451 e. The van der Waals surface area contributed by atoms with Gasteiger partial charge in [0.1, 0.15) is 5.60 Å².